The number of hydrogen-bond donors (Lipinski definition) is 0. The summed E-state index contributed by atoms with van der Waals surface area (Å²) in [6, 6.07) is 9.10. The van der Waals surface area contributed by atoms with Crippen molar-refractivity contribution in [1.29, 1.82) is 0 Å². The van der Waals surface area contributed by atoms with Gasteiger partial charge in [-0.1, -0.05) is 18.2 Å². The van der Waals surface area contributed by atoms with Crippen LogP contribution in [-0.4, -0.2) is 38.0 Å². The molecule has 3 rings (SSSR count). The van der Waals surface area contributed by atoms with Gasteiger partial charge in [0.15, 0.2) is 0 Å². The minimum absolute atomic E-state index is 0.0375. The van der Waals surface area contributed by atoms with Crippen molar-refractivity contribution in [2.24, 2.45) is 7.05 Å². The molecule has 0 bridgehead atoms. The standard InChI is InChI=1S/C21H20F4N4O2/c1-13(2)29(20(30)19-26-12-28(3)27-19)11-14-7-8-18(22)17(9-14)15-5-4-6-16(10-15)31-21(23,24)25/h4-10,12-13H,11H2,1-3H3. The molecule has 2 aromatic carbocycles. The maximum Gasteiger partial charge on any atom is 0.573 e. The second-order valence-electron chi connectivity index (χ2n) is 7.16. The van der Waals surface area contributed by atoms with E-state index in [0.717, 1.165) is 12.1 Å². The summed E-state index contributed by atoms with van der Waals surface area (Å²) in [7, 11) is 1.65. The molecule has 6 nitrogen and oxygen atoms in total. The molecule has 1 heterocycles. The van der Waals surface area contributed by atoms with E-state index in [1.807, 2.05) is 13.8 Å². The molecule has 0 atom stereocenters. The van der Waals surface area contributed by atoms with Crippen molar-refractivity contribution < 1.29 is 27.1 Å². The lowest BCUT2D eigenvalue weighted by Gasteiger charge is -2.26. The normalized spacial score (nSPS) is 11.6. The van der Waals surface area contributed by atoms with E-state index in [0.29, 0.717) is 5.56 Å². The quantitative estimate of drug-likeness (QED) is 0.531. The lowest BCUT2D eigenvalue weighted by Crippen LogP contribution is -2.37. The van der Waals surface area contributed by atoms with Gasteiger partial charge in [0.25, 0.3) is 5.91 Å². The van der Waals surface area contributed by atoms with E-state index >= 15 is 0 Å². The van der Waals surface area contributed by atoms with Crippen molar-refractivity contribution in [3.63, 3.8) is 0 Å². The number of amides is 1. The average molecular weight is 436 g/mol. The van der Waals surface area contributed by atoms with Gasteiger partial charge in [-0.15, -0.1) is 18.3 Å². The molecule has 164 valence electrons. The monoisotopic (exact) mass is 436 g/mol. The smallest absolute Gasteiger partial charge is 0.406 e. The molecule has 0 N–H and O–H groups in total. The van der Waals surface area contributed by atoms with Crippen LogP contribution in [0, 0.1) is 5.82 Å². The number of carbonyl (C=O) groups excluding carboxylic acids is 1. The van der Waals surface area contributed by atoms with Crippen LogP contribution in [0.5, 0.6) is 5.75 Å². The first-order valence-electron chi connectivity index (χ1n) is 9.34. The molecular weight excluding hydrogens is 416 g/mol. The Kier molecular flexibility index (Phi) is 6.28. The molecule has 0 aliphatic carbocycles. The Morgan fingerprint density at radius 2 is 1.94 bits per heavy atom. The highest BCUT2D eigenvalue weighted by atomic mass is 19.4. The summed E-state index contributed by atoms with van der Waals surface area (Å²) in [5, 5.41) is 4.02. The van der Waals surface area contributed by atoms with Crippen LogP contribution >= 0.6 is 0 Å². The zero-order valence-corrected chi connectivity index (χ0v) is 17.0. The summed E-state index contributed by atoms with van der Waals surface area (Å²) >= 11 is 0. The van der Waals surface area contributed by atoms with Gasteiger partial charge in [-0.3, -0.25) is 9.48 Å². The summed E-state index contributed by atoms with van der Waals surface area (Å²) in [5.74, 6) is -1.41. The Balaban J connectivity index is 1.90. The molecule has 0 aliphatic heterocycles. The molecular formula is C21H20F4N4O2. The van der Waals surface area contributed by atoms with E-state index in [1.54, 1.807) is 7.05 Å². The molecule has 0 spiro atoms. The third-order valence-electron chi connectivity index (χ3n) is 4.44. The summed E-state index contributed by atoms with van der Waals surface area (Å²) in [6.07, 6.45) is -3.44. The highest BCUT2D eigenvalue weighted by Gasteiger charge is 2.31. The highest BCUT2D eigenvalue weighted by molar-refractivity contribution is 5.90. The molecule has 0 saturated heterocycles. The van der Waals surface area contributed by atoms with Crippen LogP contribution in [0.1, 0.15) is 30.0 Å². The molecule has 0 unspecified atom stereocenters. The third-order valence-corrected chi connectivity index (χ3v) is 4.44. The van der Waals surface area contributed by atoms with Crippen molar-refractivity contribution in [2.75, 3.05) is 0 Å². The van der Waals surface area contributed by atoms with Gasteiger partial charge in [0, 0.05) is 25.2 Å². The van der Waals surface area contributed by atoms with Crippen molar-refractivity contribution in [3.8, 4) is 16.9 Å². The Morgan fingerprint density at radius 1 is 1.19 bits per heavy atom. The predicted octanol–water partition coefficient (Wildman–Crippen LogP) is 4.57. The first-order valence-corrected chi connectivity index (χ1v) is 9.34. The summed E-state index contributed by atoms with van der Waals surface area (Å²) in [5.41, 5.74) is 0.906. The number of alkyl halides is 3. The molecule has 3 aromatic rings. The third kappa shape index (κ3) is 5.59. The maximum absolute atomic E-state index is 14.5. The van der Waals surface area contributed by atoms with E-state index in [1.165, 1.54) is 46.2 Å². The fraction of sp³-hybridized carbons (Fsp3) is 0.286. The van der Waals surface area contributed by atoms with Crippen molar-refractivity contribution in [1.82, 2.24) is 19.7 Å². The van der Waals surface area contributed by atoms with Crippen LogP contribution in [0.2, 0.25) is 0 Å². The Labute approximate surface area is 176 Å². The summed E-state index contributed by atoms with van der Waals surface area (Å²) in [6.45, 7) is 3.78. The average Bonchev–Trinajstić information content (AvgIpc) is 3.12. The molecule has 0 fully saturated rings. The van der Waals surface area contributed by atoms with Crippen molar-refractivity contribution >= 4 is 5.91 Å². The van der Waals surface area contributed by atoms with Gasteiger partial charge in [0.1, 0.15) is 17.9 Å². The number of carbonyl (C=O) groups is 1. The predicted molar refractivity (Wildman–Crippen MR) is 105 cm³/mol. The second kappa shape index (κ2) is 8.75. The van der Waals surface area contributed by atoms with E-state index in [9.17, 15) is 22.4 Å². The Morgan fingerprint density at radius 3 is 2.55 bits per heavy atom. The van der Waals surface area contributed by atoms with Gasteiger partial charge >= 0.3 is 6.36 Å². The van der Waals surface area contributed by atoms with E-state index < -0.39 is 17.9 Å². The van der Waals surface area contributed by atoms with Gasteiger partial charge in [-0.25, -0.2) is 9.37 Å². The largest absolute Gasteiger partial charge is 0.573 e. The lowest BCUT2D eigenvalue weighted by atomic mass is 10.0. The highest BCUT2D eigenvalue weighted by Crippen LogP contribution is 2.30. The van der Waals surface area contributed by atoms with Crippen LogP contribution in [0.4, 0.5) is 17.6 Å². The summed E-state index contributed by atoms with van der Waals surface area (Å²) in [4.78, 5) is 18.3. The number of hydrogen-bond acceptors (Lipinski definition) is 4. The summed E-state index contributed by atoms with van der Waals surface area (Å²) < 4.78 is 57.3. The number of aromatic nitrogens is 3. The SMILES string of the molecule is CC(C)N(Cc1ccc(F)c(-c2cccc(OC(F)(F)F)c2)c1)C(=O)c1ncn(C)n1. The van der Waals surface area contributed by atoms with Gasteiger partial charge in [-0.05, 0) is 49.2 Å². The first kappa shape index (κ1) is 22.3. The van der Waals surface area contributed by atoms with Crippen LogP contribution in [0.25, 0.3) is 11.1 Å². The first-order chi connectivity index (χ1) is 14.5. The van der Waals surface area contributed by atoms with Crippen molar-refractivity contribution in [2.45, 2.75) is 32.8 Å². The molecule has 31 heavy (non-hydrogen) atoms. The van der Waals surface area contributed by atoms with Gasteiger partial charge in [0.05, 0.1) is 0 Å². The number of benzene rings is 2. The zero-order valence-electron chi connectivity index (χ0n) is 17.0. The van der Waals surface area contributed by atoms with Crippen molar-refractivity contribution in [3.05, 3.63) is 66.0 Å². The topological polar surface area (TPSA) is 60.2 Å². The molecule has 0 saturated carbocycles. The lowest BCUT2D eigenvalue weighted by molar-refractivity contribution is -0.274. The van der Waals surface area contributed by atoms with Crippen LogP contribution in [0.3, 0.4) is 0 Å². The maximum atomic E-state index is 14.5. The van der Waals surface area contributed by atoms with E-state index in [-0.39, 0.29) is 35.4 Å². The van der Waals surface area contributed by atoms with Gasteiger partial charge in [0.2, 0.25) is 5.82 Å². The van der Waals surface area contributed by atoms with E-state index in [2.05, 4.69) is 14.8 Å². The fourth-order valence-electron chi connectivity index (χ4n) is 3.00. The number of rotatable bonds is 6. The molecule has 10 heteroatoms. The number of nitrogens with zero attached hydrogens (tertiary/aromatic N) is 4. The number of halogens is 4. The molecule has 0 radical (unpaired) electrons. The fourth-order valence-corrected chi connectivity index (χ4v) is 3.00. The Bertz CT molecular complexity index is 1080. The Hall–Kier alpha value is -3.43. The minimum atomic E-state index is -4.85. The minimum Gasteiger partial charge on any atom is -0.406 e. The van der Waals surface area contributed by atoms with E-state index in [4.69, 9.17) is 0 Å². The molecule has 1 amide bonds. The number of aryl methyl sites for hydroxylation is 1. The van der Waals surface area contributed by atoms with Crippen LogP contribution in [-0.2, 0) is 13.6 Å². The van der Waals surface area contributed by atoms with Gasteiger partial charge in [-0.2, -0.15) is 0 Å². The van der Waals surface area contributed by atoms with Crippen LogP contribution < -0.4 is 4.74 Å². The molecule has 1 aromatic heterocycles. The second-order valence-corrected chi connectivity index (χ2v) is 7.16. The number of ether oxygens (including phenoxy) is 1. The van der Waals surface area contributed by atoms with Gasteiger partial charge < -0.3 is 9.64 Å². The molecule has 0 aliphatic rings. The van der Waals surface area contributed by atoms with Crippen LogP contribution in [0.15, 0.2) is 48.8 Å². The zero-order chi connectivity index (χ0) is 22.8.